The molecule has 2 amide bonds. The van der Waals surface area contributed by atoms with Crippen LogP contribution < -0.4 is 10.2 Å². The van der Waals surface area contributed by atoms with Gasteiger partial charge in [0.1, 0.15) is 0 Å². The van der Waals surface area contributed by atoms with Gasteiger partial charge in [-0.1, -0.05) is 18.2 Å². The van der Waals surface area contributed by atoms with Crippen LogP contribution in [0.15, 0.2) is 41.8 Å². The lowest BCUT2D eigenvalue weighted by molar-refractivity contribution is -0.117. The molecule has 2 saturated heterocycles. The first kappa shape index (κ1) is 19.1. The Bertz CT molecular complexity index is 818. The quantitative estimate of drug-likeness (QED) is 0.811. The van der Waals surface area contributed by atoms with Gasteiger partial charge in [-0.3, -0.25) is 14.5 Å². The maximum Gasteiger partial charge on any atom is 0.253 e. The summed E-state index contributed by atoms with van der Waals surface area (Å²) < 4.78 is 5.48. The minimum atomic E-state index is -0.134. The Hall–Kier alpha value is -2.22. The molecule has 2 fully saturated rings. The van der Waals surface area contributed by atoms with E-state index in [9.17, 15) is 9.59 Å². The molecule has 1 N–H and O–H groups in total. The summed E-state index contributed by atoms with van der Waals surface area (Å²) in [5.41, 5.74) is 1.27. The molecule has 7 heteroatoms. The van der Waals surface area contributed by atoms with Crippen LogP contribution in [0.3, 0.4) is 0 Å². The number of anilines is 1. The van der Waals surface area contributed by atoms with Crippen LogP contribution in [0.25, 0.3) is 0 Å². The number of hydrogen-bond acceptors (Lipinski definition) is 5. The fourth-order valence-electron chi connectivity index (χ4n) is 3.87. The monoisotopic (exact) mass is 399 g/mol. The highest BCUT2D eigenvalue weighted by molar-refractivity contribution is 7.10. The first-order valence-electron chi connectivity index (χ1n) is 9.77. The Morgan fingerprint density at radius 1 is 1.14 bits per heavy atom. The van der Waals surface area contributed by atoms with Crippen LogP contribution in [0, 0.1) is 0 Å². The van der Waals surface area contributed by atoms with Gasteiger partial charge in [0.05, 0.1) is 30.5 Å². The third-order valence-electron chi connectivity index (χ3n) is 5.33. The lowest BCUT2D eigenvalue weighted by Gasteiger charge is -2.34. The number of nitrogens with zero attached hydrogens (tertiary/aromatic N) is 2. The van der Waals surface area contributed by atoms with Crippen molar-refractivity contribution in [3.05, 3.63) is 52.2 Å². The van der Waals surface area contributed by atoms with E-state index >= 15 is 0 Å². The fourth-order valence-corrected chi connectivity index (χ4v) is 4.73. The van der Waals surface area contributed by atoms with Crippen molar-refractivity contribution >= 4 is 28.8 Å². The molecule has 2 aromatic rings. The van der Waals surface area contributed by atoms with E-state index < -0.39 is 0 Å². The molecule has 0 unspecified atom stereocenters. The van der Waals surface area contributed by atoms with Crippen molar-refractivity contribution in [2.24, 2.45) is 0 Å². The molecule has 2 aliphatic rings. The predicted molar refractivity (Wildman–Crippen MR) is 110 cm³/mol. The van der Waals surface area contributed by atoms with E-state index in [-0.39, 0.29) is 17.9 Å². The van der Waals surface area contributed by atoms with Gasteiger partial charge in [-0.05, 0) is 30.0 Å². The van der Waals surface area contributed by atoms with Crippen LogP contribution in [-0.4, -0.2) is 56.1 Å². The first-order valence-corrected chi connectivity index (χ1v) is 10.6. The summed E-state index contributed by atoms with van der Waals surface area (Å²) in [5, 5.41) is 5.18. The van der Waals surface area contributed by atoms with Gasteiger partial charge in [0.25, 0.3) is 5.91 Å². The first-order chi connectivity index (χ1) is 13.7. The van der Waals surface area contributed by atoms with E-state index in [4.69, 9.17) is 4.74 Å². The van der Waals surface area contributed by atoms with Crippen molar-refractivity contribution in [1.29, 1.82) is 0 Å². The smallest absolute Gasteiger partial charge is 0.253 e. The molecule has 0 radical (unpaired) electrons. The molecule has 0 bridgehead atoms. The van der Waals surface area contributed by atoms with Crippen molar-refractivity contribution in [1.82, 2.24) is 10.2 Å². The number of hydrogen-bond donors (Lipinski definition) is 1. The molecule has 6 nitrogen and oxygen atoms in total. The van der Waals surface area contributed by atoms with Crippen LogP contribution in [-0.2, 0) is 9.53 Å². The molecule has 3 heterocycles. The SMILES string of the molecule is O=C(NC[C@@H](c1cccs1)N1CCOCC1)c1ccccc1N1CCCC1=O. The number of thiophene rings is 1. The zero-order valence-corrected chi connectivity index (χ0v) is 16.6. The lowest BCUT2D eigenvalue weighted by Crippen LogP contribution is -2.43. The molecular weight excluding hydrogens is 374 g/mol. The topological polar surface area (TPSA) is 61.9 Å². The van der Waals surface area contributed by atoms with Gasteiger partial charge < -0.3 is 15.0 Å². The summed E-state index contributed by atoms with van der Waals surface area (Å²) in [6, 6.07) is 11.7. The second kappa shape index (κ2) is 8.86. The van der Waals surface area contributed by atoms with Crippen LogP contribution in [0.5, 0.6) is 0 Å². The Morgan fingerprint density at radius 3 is 2.68 bits per heavy atom. The van der Waals surface area contributed by atoms with Crippen molar-refractivity contribution in [2.45, 2.75) is 18.9 Å². The molecule has 0 aliphatic carbocycles. The van der Waals surface area contributed by atoms with Crippen molar-refractivity contribution < 1.29 is 14.3 Å². The van der Waals surface area contributed by atoms with E-state index in [0.29, 0.717) is 30.8 Å². The second-order valence-corrected chi connectivity index (χ2v) is 8.03. The van der Waals surface area contributed by atoms with E-state index in [0.717, 1.165) is 32.7 Å². The number of ether oxygens (including phenoxy) is 1. The van der Waals surface area contributed by atoms with Gasteiger partial charge in [-0.2, -0.15) is 0 Å². The third-order valence-corrected chi connectivity index (χ3v) is 6.30. The van der Waals surface area contributed by atoms with Crippen LogP contribution in [0.4, 0.5) is 5.69 Å². The van der Waals surface area contributed by atoms with E-state index in [2.05, 4.69) is 21.7 Å². The van der Waals surface area contributed by atoms with Gasteiger partial charge in [-0.15, -0.1) is 11.3 Å². The number of carbonyl (C=O) groups is 2. The highest BCUT2D eigenvalue weighted by Crippen LogP contribution is 2.27. The largest absolute Gasteiger partial charge is 0.379 e. The maximum atomic E-state index is 13.0. The van der Waals surface area contributed by atoms with Crippen LogP contribution in [0.1, 0.15) is 34.1 Å². The Labute approximate surface area is 169 Å². The summed E-state index contributed by atoms with van der Waals surface area (Å²) in [6.07, 6.45) is 1.39. The average Bonchev–Trinajstić information content (AvgIpc) is 3.41. The van der Waals surface area contributed by atoms with Gasteiger partial charge >= 0.3 is 0 Å². The molecule has 4 rings (SSSR count). The van der Waals surface area contributed by atoms with Crippen molar-refractivity contribution in [3.63, 3.8) is 0 Å². The normalized spacial score (nSPS) is 19.0. The van der Waals surface area contributed by atoms with Crippen LogP contribution in [0.2, 0.25) is 0 Å². The molecule has 1 aromatic carbocycles. The lowest BCUT2D eigenvalue weighted by atomic mass is 10.1. The number of nitrogens with one attached hydrogen (secondary N) is 1. The van der Waals surface area contributed by atoms with E-state index in [1.54, 1.807) is 22.3 Å². The number of amides is 2. The number of morpholine rings is 1. The van der Waals surface area contributed by atoms with Gasteiger partial charge in [0.15, 0.2) is 0 Å². The Balaban J connectivity index is 1.49. The number of benzene rings is 1. The molecule has 148 valence electrons. The third kappa shape index (κ3) is 4.11. The molecule has 0 spiro atoms. The molecular formula is C21H25N3O3S. The number of rotatable bonds is 6. The Kier molecular flexibility index (Phi) is 6.04. The summed E-state index contributed by atoms with van der Waals surface area (Å²) in [6.45, 7) is 4.36. The van der Waals surface area contributed by atoms with Gasteiger partial charge in [0.2, 0.25) is 5.91 Å². The average molecular weight is 400 g/mol. The summed E-state index contributed by atoms with van der Waals surface area (Å²) in [7, 11) is 0. The minimum Gasteiger partial charge on any atom is -0.379 e. The van der Waals surface area contributed by atoms with Crippen molar-refractivity contribution in [2.75, 3.05) is 44.3 Å². The summed E-state index contributed by atoms with van der Waals surface area (Å²) in [4.78, 5) is 30.5. The van der Waals surface area contributed by atoms with E-state index in [1.807, 2.05) is 24.3 Å². The van der Waals surface area contributed by atoms with Gasteiger partial charge in [-0.25, -0.2) is 0 Å². The highest BCUT2D eigenvalue weighted by atomic mass is 32.1. The summed E-state index contributed by atoms with van der Waals surface area (Å²) in [5.74, 6) is -0.0462. The predicted octanol–water partition coefficient (Wildman–Crippen LogP) is 2.68. The number of para-hydroxylation sites is 1. The van der Waals surface area contributed by atoms with Crippen LogP contribution >= 0.6 is 11.3 Å². The zero-order chi connectivity index (χ0) is 19.3. The minimum absolute atomic E-state index is 0.0880. The molecule has 28 heavy (non-hydrogen) atoms. The highest BCUT2D eigenvalue weighted by Gasteiger charge is 2.27. The zero-order valence-electron chi connectivity index (χ0n) is 15.8. The molecule has 1 atom stereocenters. The summed E-state index contributed by atoms with van der Waals surface area (Å²) >= 11 is 1.71. The molecule has 1 aromatic heterocycles. The fraction of sp³-hybridized carbons (Fsp3) is 0.429. The van der Waals surface area contributed by atoms with E-state index in [1.165, 1.54) is 4.88 Å². The molecule has 2 aliphatic heterocycles. The Morgan fingerprint density at radius 2 is 1.96 bits per heavy atom. The second-order valence-electron chi connectivity index (χ2n) is 7.06. The molecule has 0 saturated carbocycles. The number of carbonyl (C=O) groups excluding carboxylic acids is 2. The standard InChI is InChI=1S/C21H25N3O3S/c25-20-8-3-9-24(20)17-6-2-1-5-16(17)21(26)22-15-18(19-7-4-14-28-19)23-10-12-27-13-11-23/h1-2,4-7,14,18H,3,8-13,15H2,(H,22,26)/t18-/m0/s1. The van der Waals surface area contributed by atoms with Gasteiger partial charge in [0, 0.05) is 37.5 Å². The maximum absolute atomic E-state index is 13.0. The van der Waals surface area contributed by atoms with Crippen molar-refractivity contribution in [3.8, 4) is 0 Å².